The van der Waals surface area contributed by atoms with Gasteiger partial charge in [-0.15, -0.1) is 0 Å². The predicted molar refractivity (Wildman–Crippen MR) is 108 cm³/mol. The fourth-order valence-electron chi connectivity index (χ4n) is 4.40. The van der Waals surface area contributed by atoms with Crippen LogP contribution in [-0.2, 0) is 6.42 Å². The van der Waals surface area contributed by atoms with Gasteiger partial charge in [0.25, 0.3) is 5.91 Å². The molecule has 0 saturated heterocycles. The Morgan fingerprint density at radius 2 is 1.77 bits per heavy atom. The normalized spacial score (nSPS) is 15.9. The van der Waals surface area contributed by atoms with Gasteiger partial charge in [0, 0.05) is 21.4 Å². The number of fused-ring (bicyclic) bond motifs is 1. The number of aryl methyl sites for hydroxylation is 1. The summed E-state index contributed by atoms with van der Waals surface area (Å²) in [7, 11) is 0. The van der Waals surface area contributed by atoms with Crippen molar-refractivity contribution in [3.63, 3.8) is 0 Å². The molecule has 1 atom stereocenters. The van der Waals surface area contributed by atoms with Gasteiger partial charge in [0.05, 0.1) is 11.6 Å². The van der Waals surface area contributed by atoms with E-state index in [-0.39, 0.29) is 11.9 Å². The van der Waals surface area contributed by atoms with Crippen LogP contribution in [0.1, 0.15) is 45.3 Å². The average molecular weight is 409 g/mol. The molecule has 1 unspecified atom stereocenters. The summed E-state index contributed by atoms with van der Waals surface area (Å²) in [6, 6.07) is 16.9. The van der Waals surface area contributed by atoms with E-state index < -0.39 is 0 Å². The molecule has 0 spiro atoms. The van der Waals surface area contributed by atoms with Gasteiger partial charge in [-0.1, -0.05) is 52.3 Å². The van der Waals surface area contributed by atoms with Gasteiger partial charge in [-0.2, -0.15) is 0 Å². The quantitative estimate of drug-likeness (QED) is 0.638. The zero-order valence-electron chi connectivity index (χ0n) is 14.9. The largest absolute Gasteiger partial charge is 0.366 e. The van der Waals surface area contributed by atoms with E-state index in [2.05, 4.69) is 51.7 Å². The number of hydrogen-bond donors (Lipinski definition) is 1. The van der Waals surface area contributed by atoms with E-state index in [0.717, 1.165) is 39.8 Å². The second kappa shape index (κ2) is 6.44. The average Bonchev–Trinajstić information content (AvgIpc) is 3.14. The number of hydrogen-bond acceptors (Lipinski definition) is 1. The lowest BCUT2D eigenvalue weighted by molar-refractivity contribution is 0.1000. The summed E-state index contributed by atoms with van der Waals surface area (Å²) in [5.41, 5.74) is 13.2. The van der Waals surface area contributed by atoms with Crippen molar-refractivity contribution >= 4 is 21.8 Å². The van der Waals surface area contributed by atoms with Crippen LogP contribution < -0.4 is 5.73 Å². The lowest BCUT2D eigenvalue weighted by Gasteiger charge is -2.19. The van der Waals surface area contributed by atoms with Crippen LogP contribution in [0, 0.1) is 13.8 Å². The highest BCUT2D eigenvalue weighted by molar-refractivity contribution is 9.10. The molecular weight excluding hydrogens is 388 g/mol. The predicted octanol–water partition coefficient (Wildman–Crippen LogP) is 5.17. The molecule has 3 nitrogen and oxygen atoms in total. The fourth-order valence-corrected chi connectivity index (χ4v) is 4.66. The maximum atomic E-state index is 12.3. The first kappa shape index (κ1) is 17.1. The molecule has 0 saturated carbocycles. The Kier molecular flexibility index (Phi) is 4.23. The van der Waals surface area contributed by atoms with Crippen LogP contribution in [0.15, 0.2) is 53.0 Å². The van der Waals surface area contributed by atoms with Crippen LogP contribution in [-0.4, -0.2) is 10.5 Å². The fraction of sp³-hybridized carbons (Fsp3) is 0.227. The van der Waals surface area contributed by atoms with Crippen LogP contribution >= 0.6 is 15.9 Å². The number of carbonyl (C=O) groups excluding carboxylic acids is 1. The molecule has 2 aromatic carbocycles. The Morgan fingerprint density at radius 3 is 2.46 bits per heavy atom. The maximum Gasteiger partial charge on any atom is 0.251 e. The van der Waals surface area contributed by atoms with Gasteiger partial charge in [-0.3, -0.25) is 4.79 Å². The molecule has 1 aromatic heterocycles. The van der Waals surface area contributed by atoms with Gasteiger partial charge >= 0.3 is 0 Å². The summed E-state index contributed by atoms with van der Waals surface area (Å²) in [4.78, 5) is 12.3. The number of rotatable bonds is 3. The van der Waals surface area contributed by atoms with Crippen molar-refractivity contribution in [2.45, 2.75) is 32.7 Å². The van der Waals surface area contributed by atoms with Gasteiger partial charge in [-0.05, 0) is 55.5 Å². The topological polar surface area (TPSA) is 48.0 Å². The number of carbonyl (C=O) groups is 1. The first-order chi connectivity index (χ1) is 12.5. The van der Waals surface area contributed by atoms with Crippen molar-refractivity contribution in [1.29, 1.82) is 0 Å². The van der Waals surface area contributed by atoms with Gasteiger partial charge in [0.1, 0.15) is 0 Å². The molecule has 4 rings (SSSR count). The summed E-state index contributed by atoms with van der Waals surface area (Å²) in [6.45, 7) is 4.11. The SMILES string of the molecule is Cc1c(C(N)=O)c(-c2ccc(Br)cc2)c(C)n1C1CCc2ccccc21. The van der Waals surface area contributed by atoms with E-state index in [0.29, 0.717) is 5.56 Å². The summed E-state index contributed by atoms with van der Waals surface area (Å²) in [5, 5.41) is 0. The first-order valence-corrected chi connectivity index (χ1v) is 9.63. The Labute approximate surface area is 162 Å². The highest BCUT2D eigenvalue weighted by atomic mass is 79.9. The molecule has 2 N–H and O–H groups in total. The minimum absolute atomic E-state index is 0.258. The molecule has 1 aliphatic carbocycles. The summed E-state index contributed by atoms with van der Waals surface area (Å²) < 4.78 is 3.32. The Bertz CT molecular complexity index is 1000. The number of nitrogens with zero attached hydrogens (tertiary/aromatic N) is 1. The van der Waals surface area contributed by atoms with Crippen molar-refractivity contribution in [1.82, 2.24) is 4.57 Å². The summed E-state index contributed by atoms with van der Waals surface area (Å²) in [6.07, 6.45) is 2.12. The Hall–Kier alpha value is -2.33. The van der Waals surface area contributed by atoms with Crippen molar-refractivity contribution < 1.29 is 4.79 Å². The number of nitrogens with two attached hydrogens (primary N) is 1. The van der Waals surface area contributed by atoms with Crippen molar-refractivity contribution in [2.75, 3.05) is 0 Å². The van der Waals surface area contributed by atoms with E-state index in [4.69, 9.17) is 5.73 Å². The van der Waals surface area contributed by atoms with Crippen LogP contribution in [0.2, 0.25) is 0 Å². The van der Waals surface area contributed by atoms with E-state index in [1.54, 1.807) is 0 Å². The number of halogens is 1. The van der Waals surface area contributed by atoms with E-state index in [1.807, 2.05) is 31.2 Å². The first-order valence-electron chi connectivity index (χ1n) is 8.84. The van der Waals surface area contributed by atoms with Crippen LogP contribution in [0.3, 0.4) is 0 Å². The summed E-state index contributed by atoms with van der Waals surface area (Å²) in [5.74, 6) is -0.367. The lowest BCUT2D eigenvalue weighted by Crippen LogP contribution is -2.15. The summed E-state index contributed by atoms with van der Waals surface area (Å²) >= 11 is 3.48. The third-order valence-corrected chi connectivity index (χ3v) is 6.02. The standard InChI is InChI=1S/C22H21BrN2O/c1-13-20(16-7-10-17(23)11-8-16)21(22(24)26)14(2)25(13)19-12-9-15-5-3-4-6-18(15)19/h3-8,10-11,19H,9,12H2,1-2H3,(H2,24,26). The van der Waals surface area contributed by atoms with Crippen LogP contribution in [0.25, 0.3) is 11.1 Å². The third kappa shape index (κ3) is 2.60. The molecule has 1 amide bonds. The highest BCUT2D eigenvalue weighted by Crippen LogP contribution is 2.41. The molecule has 3 aromatic rings. The van der Waals surface area contributed by atoms with E-state index in [9.17, 15) is 4.79 Å². The van der Waals surface area contributed by atoms with Crippen LogP contribution in [0.4, 0.5) is 0 Å². The number of aromatic nitrogens is 1. The molecule has 132 valence electrons. The second-order valence-corrected chi connectivity index (χ2v) is 7.83. The zero-order valence-corrected chi connectivity index (χ0v) is 16.5. The monoisotopic (exact) mass is 408 g/mol. The molecule has 26 heavy (non-hydrogen) atoms. The molecule has 1 heterocycles. The molecule has 0 radical (unpaired) electrons. The Balaban J connectivity index is 1.94. The number of primary amides is 1. The maximum absolute atomic E-state index is 12.3. The minimum atomic E-state index is -0.367. The van der Waals surface area contributed by atoms with E-state index in [1.165, 1.54) is 11.1 Å². The molecule has 4 heteroatoms. The second-order valence-electron chi connectivity index (χ2n) is 6.92. The third-order valence-electron chi connectivity index (χ3n) is 5.49. The van der Waals surface area contributed by atoms with Gasteiger partial charge in [0.2, 0.25) is 0 Å². The molecule has 1 aliphatic rings. The molecule has 0 bridgehead atoms. The smallest absolute Gasteiger partial charge is 0.251 e. The Morgan fingerprint density at radius 1 is 1.08 bits per heavy atom. The van der Waals surface area contributed by atoms with Crippen molar-refractivity contribution in [3.8, 4) is 11.1 Å². The van der Waals surface area contributed by atoms with Crippen molar-refractivity contribution in [3.05, 3.63) is 81.1 Å². The minimum Gasteiger partial charge on any atom is -0.366 e. The zero-order chi connectivity index (χ0) is 18.4. The number of amides is 1. The molecular formula is C22H21BrN2O. The van der Waals surface area contributed by atoms with Gasteiger partial charge in [0.15, 0.2) is 0 Å². The molecule has 0 fully saturated rings. The van der Waals surface area contributed by atoms with Crippen molar-refractivity contribution in [2.24, 2.45) is 5.73 Å². The number of benzene rings is 2. The van der Waals surface area contributed by atoms with Gasteiger partial charge in [-0.25, -0.2) is 0 Å². The molecule has 0 aliphatic heterocycles. The van der Waals surface area contributed by atoms with Crippen LogP contribution in [0.5, 0.6) is 0 Å². The van der Waals surface area contributed by atoms with E-state index >= 15 is 0 Å². The van der Waals surface area contributed by atoms with Gasteiger partial charge < -0.3 is 10.3 Å². The highest BCUT2D eigenvalue weighted by Gasteiger charge is 2.30. The lowest BCUT2D eigenvalue weighted by atomic mass is 10.0.